The Balaban J connectivity index is 1.33. The van der Waals surface area contributed by atoms with Crippen molar-refractivity contribution in [1.82, 2.24) is 10.3 Å². The summed E-state index contributed by atoms with van der Waals surface area (Å²) < 4.78 is 0. The number of benzene rings is 1. The van der Waals surface area contributed by atoms with Crippen LogP contribution >= 0.6 is 22.7 Å². The molecular formula is C19H17N3O2S2. The van der Waals surface area contributed by atoms with Crippen molar-refractivity contribution in [3.8, 4) is 10.6 Å². The Hall–Kier alpha value is -2.51. The molecule has 2 N–H and O–H groups in total. The molecule has 1 aliphatic rings. The van der Waals surface area contributed by atoms with Crippen molar-refractivity contribution < 1.29 is 9.59 Å². The fourth-order valence-corrected chi connectivity index (χ4v) is 4.11. The molecule has 5 nitrogen and oxygen atoms in total. The Morgan fingerprint density at radius 1 is 1.12 bits per heavy atom. The first-order valence-electron chi connectivity index (χ1n) is 8.38. The Labute approximate surface area is 159 Å². The van der Waals surface area contributed by atoms with Gasteiger partial charge in [0.2, 0.25) is 5.91 Å². The van der Waals surface area contributed by atoms with Crippen molar-refractivity contribution in [3.05, 3.63) is 58.4 Å². The Morgan fingerprint density at radius 3 is 2.69 bits per heavy atom. The monoisotopic (exact) mass is 383 g/mol. The van der Waals surface area contributed by atoms with Crippen LogP contribution in [0, 0.1) is 5.92 Å². The number of anilines is 1. The number of carbonyl (C=O) groups excluding carboxylic acids is 2. The maximum absolute atomic E-state index is 12.3. The van der Waals surface area contributed by atoms with E-state index in [-0.39, 0.29) is 17.7 Å². The SMILES string of the molecule is O=C(NCc1csc(-c2ccccc2)n1)c1ccc(NC(=O)C2CC2)s1. The summed E-state index contributed by atoms with van der Waals surface area (Å²) in [4.78, 5) is 29.2. The summed E-state index contributed by atoms with van der Waals surface area (Å²) in [6, 6.07) is 13.5. The van der Waals surface area contributed by atoms with Crippen molar-refractivity contribution in [3.63, 3.8) is 0 Å². The second-order valence-electron chi connectivity index (χ2n) is 6.12. The zero-order valence-corrected chi connectivity index (χ0v) is 15.5. The van der Waals surface area contributed by atoms with Gasteiger partial charge in [0, 0.05) is 16.9 Å². The van der Waals surface area contributed by atoms with Gasteiger partial charge in [-0.2, -0.15) is 0 Å². The maximum Gasteiger partial charge on any atom is 0.261 e. The lowest BCUT2D eigenvalue weighted by Gasteiger charge is -2.01. The summed E-state index contributed by atoms with van der Waals surface area (Å²) in [5.74, 6) is 0.0451. The zero-order chi connectivity index (χ0) is 17.9. The summed E-state index contributed by atoms with van der Waals surface area (Å²) in [7, 11) is 0. The van der Waals surface area contributed by atoms with Crippen LogP contribution in [-0.4, -0.2) is 16.8 Å². The standard InChI is InChI=1S/C19H17N3O2S2/c23-17(12-6-7-12)22-16-9-8-15(26-16)18(24)20-10-14-11-25-19(21-14)13-4-2-1-3-5-13/h1-5,8-9,11-12H,6-7,10H2,(H,20,24)(H,22,23). The molecule has 7 heteroatoms. The van der Waals surface area contributed by atoms with Gasteiger partial charge in [0.15, 0.2) is 0 Å². The molecule has 0 bridgehead atoms. The molecule has 4 rings (SSSR count). The van der Waals surface area contributed by atoms with Crippen molar-refractivity contribution >= 4 is 39.5 Å². The second kappa shape index (κ2) is 7.39. The molecule has 26 heavy (non-hydrogen) atoms. The van der Waals surface area contributed by atoms with Crippen molar-refractivity contribution in [2.75, 3.05) is 5.32 Å². The van der Waals surface area contributed by atoms with Gasteiger partial charge in [0.25, 0.3) is 5.91 Å². The summed E-state index contributed by atoms with van der Waals surface area (Å²) in [6.45, 7) is 0.379. The van der Waals surface area contributed by atoms with Crippen LogP contribution in [0.1, 0.15) is 28.2 Å². The van der Waals surface area contributed by atoms with Gasteiger partial charge in [0.05, 0.1) is 22.1 Å². The molecule has 0 atom stereocenters. The minimum atomic E-state index is -0.156. The van der Waals surface area contributed by atoms with Crippen LogP contribution in [0.25, 0.3) is 10.6 Å². The van der Waals surface area contributed by atoms with Crippen LogP contribution in [-0.2, 0) is 11.3 Å². The lowest BCUT2D eigenvalue weighted by atomic mass is 10.2. The molecule has 0 spiro atoms. The van der Waals surface area contributed by atoms with E-state index < -0.39 is 0 Å². The fraction of sp³-hybridized carbons (Fsp3) is 0.211. The van der Waals surface area contributed by atoms with Crippen LogP contribution in [0.15, 0.2) is 47.8 Å². The highest BCUT2D eigenvalue weighted by molar-refractivity contribution is 7.18. The fourth-order valence-electron chi connectivity index (χ4n) is 2.46. The van der Waals surface area contributed by atoms with Crippen LogP contribution in [0.5, 0.6) is 0 Å². The number of hydrogen-bond acceptors (Lipinski definition) is 5. The maximum atomic E-state index is 12.3. The predicted molar refractivity (Wildman–Crippen MR) is 104 cm³/mol. The van der Waals surface area contributed by atoms with E-state index in [0.717, 1.165) is 29.1 Å². The molecule has 132 valence electrons. The van der Waals surface area contributed by atoms with Crippen LogP contribution in [0.4, 0.5) is 5.00 Å². The van der Waals surface area contributed by atoms with Crippen molar-refractivity contribution in [1.29, 1.82) is 0 Å². The van der Waals surface area contributed by atoms with Crippen molar-refractivity contribution in [2.45, 2.75) is 19.4 Å². The lowest BCUT2D eigenvalue weighted by Crippen LogP contribution is -2.21. The number of thiazole rings is 1. The first kappa shape index (κ1) is 16.9. The molecule has 0 saturated heterocycles. The average Bonchev–Trinajstić information content (AvgIpc) is 3.24. The minimum Gasteiger partial charge on any atom is -0.346 e. The van der Waals surface area contributed by atoms with E-state index in [1.165, 1.54) is 11.3 Å². The molecule has 1 aliphatic carbocycles. The third-order valence-electron chi connectivity index (χ3n) is 4.03. The predicted octanol–water partition coefficient (Wildman–Crippen LogP) is 4.15. The molecule has 1 aromatic carbocycles. The Morgan fingerprint density at radius 2 is 1.92 bits per heavy atom. The molecular weight excluding hydrogens is 366 g/mol. The lowest BCUT2D eigenvalue weighted by molar-refractivity contribution is -0.117. The molecule has 2 aromatic heterocycles. The second-order valence-corrected chi connectivity index (χ2v) is 8.06. The number of rotatable bonds is 6. The molecule has 1 fully saturated rings. The molecule has 0 radical (unpaired) electrons. The van der Waals surface area contributed by atoms with E-state index in [0.29, 0.717) is 16.4 Å². The average molecular weight is 383 g/mol. The number of amides is 2. The molecule has 3 aromatic rings. The van der Waals surface area contributed by atoms with Gasteiger partial charge in [-0.1, -0.05) is 30.3 Å². The largest absolute Gasteiger partial charge is 0.346 e. The summed E-state index contributed by atoms with van der Waals surface area (Å²) in [5, 5.41) is 9.36. The van der Waals surface area contributed by atoms with Gasteiger partial charge in [-0.3, -0.25) is 9.59 Å². The third-order valence-corrected chi connectivity index (χ3v) is 5.97. The molecule has 2 amide bonds. The van der Waals surface area contributed by atoms with E-state index in [2.05, 4.69) is 15.6 Å². The molecule has 0 unspecified atom stereocenters. The number of carbonyl (C=O) groups is 2. The number of nitrogens with one attached hydrogen (secondary N) is 2. The van der Waals surface area contributed by atoms with Crippen molar-refractivity contribution in [2.24, 2.45) is 5.92 Å². The van der Waals surface area contributed by atoms with Gasteiger partial charge in [-0.05, 0) is 25.0 Å². The van der Waals surface area contributed by atoms with Crippen LogP contribution in [0.3, 0.4) is 0 Å². The molecule has 1 saturated carbocycles. The highest BCUT2D eigenvalue weighted by atomic mass is 32.1. The van der Waals surface area contributed by atoms with Crippen LogP contribution in [0.2, 0.25) is 0 Å². The topological polar surface area (TPSA) is 71.1 Å². The first-order valence-corrected chi connectivity index (χ1v) is 10.1. The van der Waals surface area contributed by atoms with E-state index in [1.807, 2.05) is 35.7 Å². The highest BCUT2D eigenvalue weighted by Gasteiger charge is 2.29. The minimum absolute atomic E-state index is 0.0507. The molecule has 2 heterocycles. The highest BCUT2D eigenvalue weighted by Crippen LogP contribution is 2.31. The number of hydrogen-bond donors (Lipinski definition) is 2. The summed E-state index contributed by atoms with van der Waals surface area (Å²) in [5.41, 5.74) is 1.91. The smallest absolute Gasteiger partial charge is 0.261 e. The quantitative estimate of drug-likeness (QED) is 0.672. The Bertz CT molecular complexity index is 929. The Kier molecular flexibility index (Phi) is 4.81. The van der Waals surface area contributed by atoms with E-state index in [1.54, 1.807) is 23.5 Å². The molecule has 0 aliphatic heterocycles. The number of nitrogens with zero attached hydrogens (tertiary/aromatic N) is 1. The zero-order valence-electron chi connectivity index (χ0n) is 13.9. The van der Waals surface area contributed by atoms with Gasteiger partial charge < -0.3 is 10.6 Å². The van der Waals surface area contributed by atoms with E-state index >= 15 is 0 Å². The van der Waals surface area contributed by atoms with Gasteiger partial charge in [-0.15, -0.1) is 22.7 Å². The number of aromatic nitrogens is 1. The number of thiophene rings is 1. The summed E-state index contributed by atoms with van der Waals surface area (Å²) >= 11 is 2.85. The first-order chi connectivity index (χ1) is 12.7. The van der Waals surface area contributed by atoms with Gasteiger partial charge >= 0.3 is 0 Å². The van der Waals surface area contributed by atoms with E-state index in [4.69, 9.17) is 0 Å². The van der Waals surface area contributed by atoms with Gasteiger partial charge in [0.1, 0.15) is 5.01 Å². The van der Waals surface area contributed by atoms with Crippen LogP contribution < -0.4 is 10.6 Å². The van der Waals surface area contributed by atoms with Gasteiger partial charge in [-0.25, -0.2) is 4.98 Å². The third kappa shape index (κ3) is 4.00. The van der Waals surface area contributed by atoms with E-state index in [9.17, 15) is 9.59 Å². The normalized spacial score (nSPS) is 13.4. The summed E-state index contributed by atoms with van der Waals surface area (Å²) in [6.07, 6.45) is 1.92.